The van der Waals surface area contributed by atoms with E-state index in [0.29, 0.717) is 0 Å². The van der Waals surface area contributed by atoms with E-state index < -0.39 is 0 Å². The van der Waals surface area contributed by atoms with Gasteiger partial charge in [0.05, 0.1) is 0 Å². The van der Waals surface area contributed by atoms with Gasteiger partial charge in [0.15, 0.2) is 0 Å². The Morgan fingerprint density at radius 3 is 2.41 bits per heavy atom. The van der Waals surface area contributed by atoms with Crippen LogP contribution in [0.1, 0.15) is 34.1 Å². The number of hydrogen-bond acceptors (Lipinski definition) is 3. The lowest BCUT2D eigenvalue weighted by Crippen LogP contribution is -2.36. The monoisotopic (exact) mass is 243 g/mol. The van der Waals surface area contributed by atoms with Gasteiger partial charge >= 0.3 is 0 Å². The summed E-state index contributed by atoms with van der Waals surface area (Å²) in [7, 11) is 0. The summed E-state index contributed by atoms with van der Waals surface area (Å²) in [4.78, 5) is 14.0. The molecule has 0 aromatic heterocycles. The van der Waals surface area contributed by atoms with Crippen molar-refractivity contribution in [2.45, 2.75) is 34.1 Å². The third kappa shape index (κ3) is 8.16. The van der Waals surface area contributed by atoms with Crippen molar-refractivity contribution < 1.29 is 4.79 Å². The van der Waals surface area contributed by atoms with E-state index in [0.717, 1.165) is 45.7 Å². The van der Waals surface area contributed by atoms with Crippen molar-refractivity contribution in [1.82, 2.24) is 15.5 Å². The molecule has 0 radical (unpaired) electrons. The van der Waals surface area contributed by atoms with Crippen molar-refractivity contribution in [2.24, 2.45) is 5.92 Å². The molecule has 0 rings (SSSR count). The van der Waals surface area contributed by atoms with Crippen molar-refractivity contribution in [1.29, 1.82) is 0 Å². The standard InChI is InChI=1S/C13H29N3O/c1-5-14-11-12(4)13(17)15-9-8-10-16(6-2)7-3/h12,14H,5-11H2,1-4H3,(H,15,17). The lowest BCUT2D eigenvalue weighted by Gasteiger charge is -2.18. The maximum absolute atomic E-state index is 11.7. The fourth-order valence-electron chi connectivity index (χ4n) is 1.68. The van der Waals surface area contributed by atoms with Gasteiger partial charge in [0, 0.05) is 19.0 Å². The Hall–Kier alpha value is -0.610. The van der Waals surface area contributed by atoms with Gasteiger partial charge in [-0.1, -0.05) is 27.7 Å². The Kier molecular flexibility index (Phi) is 10.2. The van der Waals surface area contributed by atoms with Crippen LogP contribution >= 0.6 is 0 Å². The van der Waals surface area contributed by atoms with Crippen LogP contribution in [0, 0.1) is 5.92 Å². The Morgan fingerprint density at radius 1 is 1.24 bits per heavy atom. The number of nitrogens with zero attached hydrogens (tertiary/aromatic N) is 1. The van der Waals surface area contributed by atoms with Gasteiger partial charge in [-0.05, 0) is 32.6 Å². The van der Waals surface area contributed by atoms with Gasteiger partial charge in [0.2, 0.25) is 5.91 Å². The van der Waals surface area contributed by atoms with Crippen LogP contribution in [-0.4, -0.2) is 50.1 Å². The molecule has 0 saturated carbocycles. The molecule has 0 aliphatic rings. The molecule has 0 aliphatic heterocycles. The number of carbonyl (C=O) groups excluding carboxylic acids is 1. The second kappa shape index (κ2) is 10.5. The SMILES string of the molecule is CCNCC(C)C(=O)NCCCN(CC)CC. The molecule has 4 heteroatoms. The molecule has 1 amide bonds. The van der Waals surface area contributed by atoms with Gasteiger partial charge in [-0.25, -0.2) is 0 Å². The molecule has 0 aromatic rings. The smallest absolute Gasteiger partial charge is 0.224 e. The molecule has 2 N–H and O–H groups in total. The average Bonchev–Trinajstić information content (AvgIpc) is 2.35. The van der Waals surface area contributed by atoms with Gasteiger partial charge in [-0.15, -0.1) is 0 Å². The Balaban J connectivity index is 3.56. The normalized spacial score (nSPS) is 12.8. The van der Waals surface area contributed by atoms with Crippen molar-refractivity contribution in [3.05, 3.63) is 0 Å². The predicted octanol–water partition coefficient (Wildman–Crippen LogP) is 1.08. The van der Waals surface area contributed by atoms with Gasteiger partial charge in [-0.3, -0.25) is 4.79 Å². The van der Waals surface area contributed by atoms with E-state index in [9.17, 15) is 4.79 Å². The summed E-state index contributed by atoms with van der Waals surface area (Å²) in [6, 6.07) is 0. The number of carbonyl (C=O) groups is 1. The predicted molar refractivity (Wildman–Crippen MR) is 73.1 cm³/mol. The highest BCUT2D eigenvalue weighted by molar-refractivity contribution is 5.78. The lowest BCUT2D eigenvalue weighted by atomic mass is 10.1. The molecule has 0 bridgehead atoms. The first-order valence-electron chi connectivity index (χ1n) is 6.86. The summed E-state index contributed by atoms with van der Waals surface area (Å²) in [6.07, 6.45) is 1.03. The molecular weight excluding hydrogens is 214 g/mol. The van der Waals surface area contributed by atoms with Crippen LogP contribution in [0.15, 0.2) is 0 Å². The summed E-state index contributed by atoms with van der Waals surface area (Å²) < 4.78 is 0. The first-order valence-corrected chi connectivity index (χ1v) is 6.86. The maximum atomic E-state index is 11.7. The first-order chi connectivity index (χ1) is 8.15. The van der Waals surface area contributed by atoms with E-state index in [1.54, 1.807) is 0 Å². The van der Waals surface area contributed by atoms with Gasteiger partial charge in [0.25, 0.3) is 0 Å². The molecule has 1 unspecified atom stereocenters. The van der Waals surface area contributed by atoms with Gasteiger partial charge in [0.1, 0.15) is 0 Å². The van der Waals surface area contributed by atoms with Crippen molar-refractivity contribution in [2.75, 3.05) is 39.3 Å². The van der Waals surface area contributed by atoms with Gasteiger partial charge in [-0.2, -0.15) is 0 Å². The van der Waals surface area contributed by atoms with Crippen LogP contribution in [0.25, 0.3) is 0 Å². The zero-order valence-corrected chi connectivity index (χ0v) is 11.9. The summed E-state index contributed by atoms with van der Waals surface area (Å²) in [5.74, 6) is 0.217. The van der Waals surface area contributed by atoms with Crippen molar-refractivity contribution in [3.8, 4) is 0 Å². The fourth-order valence-corrected chi connectivity index (χ4v) is 1.68. The largest absolute Gasteiger partial charge is 0.356 e. The van der Waals surface area contributed by atoms with E-state index in [4.69, 9.17) is 0 Å². The molecule has 1 atom stereocenters. The summed E-state index contributed by atoms with van der Waals surface area (Å²) in [5, 5.41) is 6.18. The Labute approximate surface area is 106 Å². The summed E-state index contributed by atoms with van der Waals surface area (Å²) in [6.45, 7) is 14.0. The van der Waals surface area contributed by atoms with Crippen LogP contribution in [0.3, 0.4) is 0 Å². The molecule has 0 aromatic carbocycles. The van der Waals surface area contributed by atoms with Crippen LogP contribution in [-0.2, 0) is 4.79 Å². The second-order valence-electron chi connectivity index (χ2n) is 4.38. The van der Waals surface area contributed by atoms with Gasteiger partial charge < -0.3 is 15.5 Å². The highest BCUT2D eigenvalue weighted by Crippen LogP contribution is 1.93. The summed E-state index contributed by atoms with van der Waals surface area (Å²) >= 11 is 0. The van der Waals surface area contributed by atoms with Crippen LogP contribution < -0.4 is 10.6 Å². The second-order valence-corrected chi connectivity index (χ2v) is 4.38. The molecule has 17 heavy (non-hydrogen) atoms. The molecule has 0 aliphatic carbocycles. The third-order valence-electron chi connectivity index (χ3n) is 2.99. The zero-order valence-electron chi connectivity index (χ0n) is 11.9. The molecule has 102 valence electrons. The van der Waals surface area contributed by atoms with Crippen molar-refractivity contribution in [3.63, 3.8) is 0 Å². The molecule has 4 nitrogen and oxygen atoms in total. The Morgan fingerprint density at radius 2 is 1.88 bits per heavy atom. The van der Waals surface area contributed by atoms with E-state index in [2.05, 4.69) is 36.3 Å². The molecule has 0 saturated heterocycles. The first kappa shape index (κ1) is 16.4. The zero-order chi connectivity index (χ0) is 13.1. The quantitative estimate of drug-likeness (QED) is 0.564. The Bertz CT molecular complexity index is 193. The minimum atomic E-state index is 0.0587. The average molecular weight is 243 g/mol. The van der Waals surface area contributed by atoms with E-state index in [1.807, 2.05) is 6.92 Å². The van der Waals surface area contributed by atoms with Crippen LogP contribution in [0.4, 0.5) is 0 Å². The maximum Gasteiger partial charge on any atom is 0.224 e. The number of rotatable bonds is 10. The highest BCUT2D eigenvalue weighted by atomic mass is 16.1. The molecule has 0 spiro atoms. The fraction of sp³-hybridized carbons (Fsp3) is 0.923. The molecule has 0 fully saturated rings. The third-order valence-corrected chi connectivity index (χ3v) is 2.99. The van der Waals surface area contributed by atoms with Crippen LogP contribution in [0.5, 0.6) is 0 Å². The minimum absolute atomic E-state index is 0.0587. The minimum Gasteiger partial charge on any atom is -0.356 e. The summed E-state index contributed by atoms with van der Waals surface area (Å²) in [5.41, 5.74) is 0. The van der Waals surface area contributed by atoms with E-state index in [-0.39, 0.29) is 11.8 Å². The van der Waals surface area contributed by atoms with E-state index >= 15 is 0 Å². The molecule has 0 heterocycles. The lowest BCUT2D eigenvalue weighted by molar-refractivity contribution is -0.124. The number of hydrogen-bond donors (Lipinski definition) is 2. The highest BCUT2D eigenvalue weighted by Gasteiger charge is 2.10. The van der Waals surface area contributed by atoms with Crippen LogP contribution in [0.2, 0.25) is 0 Å². The topological polar surface area (TPSA) is 44.4 Å². The number of amides is 1. The van der Waals surface area contributed by atoms with E-state index in [1.165, 1.54) is 0 Å². The number of nitrogens with one attached hydrogen (secondary N) is 2. The molecular formula is C13H29N3O. The van der Waals surface area contributed by atoms with Crippen molar-refractivity contribution >= 4 is 5.91 Å².